The molecule has 0 radical (unpaired) electrons. The van der Waals surface area contributed by atoms with Crippen molar-refractivity contribution < 1.29 is 14.3 Å². The van der Waals surface area contributed by atoms with Crippen LogP contribution in [0.25, 0.3) is 0 Å². The molecule has 1 unspecified atom stereocenters. The van der Waals surface area contributed by atoms with Gasteiger partial charge in [-0.2, -0.15) is 0 Å². The van der Waals surface area contributed by atoms with E-state index in [0.717, 1.165) is 48.7 Å². The molecule has 2 N–H and O–H groups in total. The van der Waals surface area contributed by atoms with E-state index in [1.54, 1.807) is 0 Å². The fourth-order valence-corrected chi connectivity index (χ4v) is 2.78. The Morgan fingerprint density at radius 3 is 2.69 bits per heavy atom. The van der Waals surface area contributed by atoms with Crippen LogP contribution >= 0.6 is 12.4 Å². The zero-order valence-corrected chi connectivity index (χ0v) is 15.7. The van der Waals surface area contributed by atoms with Crippen LogP contribution in [0.15, 0.2) is 48.5 Å². The van der Waals surface area contributed by atoms with Crippen LogP contribution in [0.4, 0.5) is 5.69 Å². The fraction of sp³-hybridized carbons (Fsp3) is 0.350. The molecule has 1 aliphatic heterocycles. The lowest BCUT2D eigenvalue weighted by Crippen LogP contribution is -2.33. The normalized spacial score (nSPS) is 16.0. The second-order valence-corrected chi connectivity index (χ2v) is 6.26. The van der Waals surface area contributed by atoms with Crippen LogP contribution in [-0.2, 0) is 9.53 Å². The smallest absolute Gasteiger partial charge is 0.238 e. The number of rotatable bonds is 7. The number of ether oxygens (including phenoxy) is 2. The van der Waals surface area contributed by atoms with Crippen molar-refractivity contribution >= 4 is 24.0 Å². The quantitative estimate of drug-likeness (QED) is 0.769. The molecular weight excluding hydrogens is 352 g/mol. The summed E-state index contributed by atoms with van der Waals surface area (Å²) in [5, 5.41) is 6.00. The van der Waals surface area contributed by atoms with Gasteiger partial charge >= 0.3 is 0 Å². The predicted octanol–water partition coefficient (Wildman–Crippen LogP) is 3.92. The van der Waals surface area contributed by atoms with Crippen LogP contribution in [0.1, 0.15) is 18.4 Å². The van der Waals surface area contributed by atoms with E-state index in [2.05, 4.69) is 10.6 Å². The molecular formula is C20H25ClN2O3. The highest BCUT2D eigenvalue weighted by Crippen LogP contribution is 2.23. The van der Waals surface area contributed by atoms with Gasteiger partial charge in [0.15, 0.2) is 0 Å². The van der Waals surface area contributed by atoms with Crippen molar-refractivity contribution in [3.63, 3.8) is 0 Å². The summed E-state index contributed by atoms with van der Waals surface area (Å²) < 4.78 is 11.3. The molecule has 3 rings (SSSR count). The molecule has 0 aromatic heterocycles. The standard InChI is InChI=1S/C20H24N2O3.ClH/c1-15-4-2-5-18(12-15)25-17-9-7-16(8-10-17)22-20(23)14-21-13-19-6-3-11-24-19;/h2,4-5,7-10,12,19,21H,3,6,11,13-14H2,1H3,(H,22,23);1H. The molecule has 2 aromatic carbocycles. The lowest BCUT2D eigenvalue weighted by atomic mass is 10.2. The lowest BCUT2D eigenvalue weighted by molar-refractivity contribution is -0.115. The summed E-state index contributed by atoms with van der Waals surface area (Å²) in [6.07, 6.45) is 2.41. The molecule has 1 heterocycles. The summed E-state index contributed by atoms with van der Waals surface area (Å²) in [4.78, 5) is 12.0. The Kier molecular flexibility index (Phi) is 7.91. The first-order valence-electron chi connectivity index (χ1n) is 8.66. The first-order valence-corrected chi connectivity index (χ1v) is 8.66. The van der Waals surface area contributed by atoms with Gasteiger partial charge in [-0.25, -0.2) is 0 Å². The molecule has 2 aromatic rings. The molecule has 1 amide bonds. The van der Waals surface area contributed by atoms with Crippen molar-refractivity contribution in [1.29, 1.82) is 0 Å². The second kappa shape index (κ2) is 10.2. The third kappa shape index (κ3) is 6.33. The maximum atomic E-state index is 12.0. The zero-order valence-electron chi connectivity index (χ0n) is 14.9. The Bertz CT molecular complexity index is 700. The Labute approximate surface area is 160 Å². The van der Waals surface area contributed by atoms with E-state index in [1.807, 2.05) is 55.5 Å². The third-order valence-electron chi connectivity index (χ3n) is 4.04. The Balaban J connectivity index is 0.00000243. The molecule has 0 saturated carbocycles. The van der Waals surface area contributed by atoms with E-state index in [-0.39, 0.29) is 31.0 Å². The average Bonchev–Trinajstić information content (AvgIpc) is 3.10. The number of hydrogen-bond acceptors (Lipinski definition) is 4. The van der Waals surface area contributed by atoms with Gasteiger partial charge in [0.1, 0.15) is 11.5 Å². The van der Waals surface area contributed by atoms with E-state index in [0.29, 0.717) is 0 Å². The highest BCUT2D eigenvalue weighted by atomic mass is 35.5. The van der Waals surface area contributed by atoms with Gasteiger partial charge < -0.3 is 20.1 Å². The van der Waals surface area contributed by atoms with Crippen LogP contribution in [0.5, 0.6) is 11.5 Å². The molecule has 1 fully saturated rings. The second-order valence-electron chi connectivity index (χ2n) is 6.26. The number of carbonyl (C=O) groups is 1. The van der Waals surface area contributed by atoms with E-state index in [9.17, 15) is 4.79 Å². The van der Waals surface area contributed by atoms with Gasteiger partial charge in [-0.3, -0.25) is 4.79 Å². The Morgan fingerprint density at radius 2 is 2.00 bits per heavy atom. The van der Waals surface area contributed by atoms with E-state index < -0.39 is 0 Å². The van der Waals surface area contributed by atoms with Gasteiger partial charge in [0.05, 0.1) is 12.6 Å². The summed E-state index contributed by atoms with van der Waals surface area (Å²) in [5.41, 5.74) is 1.90. The number of anilines is 1. The number of hydrogen-bond donors (Lipinski definition) is 2. The summed E-state index contributed by atoms with van der Waals surface area (Å²) in [6, 6.07) is 15.3. The van der Waals surface area contributed by atoms with Crippen molar-refractivity contribution in [3.05, 3.63) is 54.1 Å². The van der Waals surface area contributed by atoms with Gasteiger partial charge in [-0.1, -0.05) is 12.1 Å². The van der Waals surface area contributed by atoms with Crippen molar-refractivity contribution in [3.8, 4) is 11.5 Å². The highest BCUT2D eigenvalue weighted by molar-refractivity contribution is 5.92. The molecule has 26 heavy (non-hydrogen) atoms. The van der Waals surface area contributed by atoms with Crippen LogP contribution in [0.2, 0.25) is 0 Å². The summed E-state index contributed by atoms with van der Waals surface area (Å²) in [7, 11) is 0. The number of carbonyl (C=O) groups excluding carboxylic acids is 1. The first kappa shape index (κ1) is 20.2. The number of halogens is 1. The van der Waals surface area contributed by atoms with Crippen LogP contribution in [-0.4, -0.2) is 31.7 Å². The number of aryl methyl sites for hydroxylation is 1. The van der Waals surface area contributed by atoms with Crippen molar-refractivity contribution in [2.45, 2.75) is 25.9 Å². The molecule has 1 saturated heterocycles. The van der Waals surface area contributed by atoms with Crippen molar-refractivity contribution in [2.24, 2.45) is 0 Å². The van der Waals surface area contributed by atoms with Crippen LogP contribution < -0.4 is 15.4 Å². The molecule has 0 aliphatic carbocycles. The van der Waals surface area contributed by atoms with Crippen LogP contribution in [0, 0.1) is 6.92 Å². The Morgan fingerprint density at radius 1 is 1.19 bits per heavy atom. The van der Waals surface area contributed by atoms with E-state index in [4.69, 9.17) is 9.47 Å². The predicted molar refractivity (Wildman–Crippen MR) is 105 cm³/mol. The molecule has 1 atom stereocenters. The van der Waals surface area contributed by atoms with Gasteiger partial charge in [-0.15, -0.1) is 12.4 Å². The Hall–Kier alpha value is -2.08. The van der Waals surface area contributed by atoms with Gasteiger partial charge in [0.25, 0.3) is 0 Å². The van der Waals surface area contributed by atoms with Gasteiger partial charge in [-0.05, 0) is 61.7 Å². The highest BCUT2D eigenvalue weighted by Gasteiger charge is 2.15. The van der Waals surface area contributed by atoms with Crippen LogP contribution in [0.3, 0.4) is 0 Å². The molecule has 0 spiro atoms. The SMILES string of the molecule is Cc1cccc(Oc2ccc(NC(=O)CNCC3CCCO3)cc2)c1.Cl. The minimum atomic E-state index is -0.0645. The van der Waals surface area contributed by atoms with E-state index >= 15 is 0 Å². The molecule has 1 aliphatic rings. The minimum absolute atomic E-state index is 0. The third-order valence-corrected chi connectivity index (χ3v) is 4.04. The summed E-state index contributed by atoms with van der Waals surface area (Å²) >= 11 is 0. The average molecular weight is 377 g/mol. The maximum Gasteiger partial charge on any atom is 0.238 e. The number of nitrogens with one attached hydrogen (secondary N) is 2. The van der Waals surface area contributed by atoms with Gasteiger partial charge in [0, 0.05) is 18.8 Å². The molecule has 5 nitrogen and oxygen atoms in total. The van der Waals surface area contributed by atoms with Crippen molar-refractivity contribution in [1.82, 2.24) is 5.32 Å². The lowest BCUT2D eigenvalue weighted by Gasteiger charge is -2.11. The first-order chi connectivity index (χ1) is 12.2. The number of amides is 1. The maximum absolute atomic E-state index is 12.0. The minimum Gasteiger partial charge on any atom is -0.457 e. The largest absolute Gasteiger partial charge is 0.457 e. The summed E-state index contributed by atoms with van der Waals surface area (Å²) in [5.74, 6) is 1.47. The van der Waals surface area contributed by atoms with E-state index in [1.165, 1.54) is 0 Å². The summed E-state index contributed by atoms with van der Waals surface area (Å²) in [6.45, 7) is 3.85. The van der Waals surface area contributed by atoms with Crippen molar-refractivity contribution in [2.75, 3.05) is 25.0 Å². The topological polar surface area (TPSA) is 59.6 Å². The molecule has 140 valence electrons. The van der Waals surface area contributed by atoms with Gasteiger partial charge in [0.2, 0.25) is 5.91 Å². The monoisotopic (exact) mass is 376 g/mol. The molecule has 0 bridgehead atoms. The number of benzene rings is 2. The zero-order chi connectivity index (χ0) is 17.5. The fourth-order valence-electron chi connectivity index (χ4n) is 2.78. The molecule has 6 heteroatoms.